The Kier molecular flexibility index (Phi) is 7.24. The molecule has 0 saturated carbocycles. The topological polar surface area (TPSA) is 81.5 Å². The molecule has 2 aliphatic rings. The highest BCUT2D eigenvalue weighted by Gasteiger charge is 2.42. The van der Waals surface area contributed by atoms with Crippen molar-refractivity contribution in [2.75, 3.05) is 18.1 Å². The Hall–Kier alpha value is -2.95. The monoisotopic (exact) mass is 553 g/mol. The number of aromatic nitrogens is 2. The van der Waals surface area contributed by atoms with Gasteiger partial charge in [-0.25, -0.2) is 13.1 Å². The molecule has 2 saturated heterocycles. The third-order valence-electron chi connectivity index (χ3n) is 6.37. The van der Waals surface area contributed by atoms with E-state index in [0.29, 0.717) is 22.3 Å². The number of benzene rings is 2. The number of carbonyl (C=O) groups excluding carboxylic acids is 1. The number of amides is 1. The number of ether oxygens (including phenoxy) is 1. The normalized spacial score (nSPS) is 20.2. The molecule has 37 heavy (non-hydrogen) atoms. The molecule has 2 aliphatic heterocycles. The Labute approximate surface area is 226 Å². The summed E-state index contributed by atoms with van der Waals surface area (Å²) in [7, 11) is -3.15. The van der Waals surface area contributed by atoms with Gasteiger partial charge in [-0.2, -0.15) is 5.10 Å². The maximum absolute atomic E-state index is 13.4. The maximum atomic E-state index is 13.4. The molecule has 1 atom stereocenters. The summed E-state index contributed by atoms with van der Waals surface area (Å²) >= 11 is 6.70. The highest BCUT2D eigenvalue weighted by Crippen LogP contribution is 2.38. The first kappa shape index (κ1) is 25.7. The van der Waals surface area contributed by atoms with Crippen molar-refractivity contribution < 1.29 is 17.9 Å². The zero-order chi connectivity index (χ0) is 26.2. The second-order valence-electron chi connectivity index (χ2n) is 9.15. The minimum Gasteiger partial charge on any atom is -0.494 e. The molecule has 0 N–H and O–H groups in total. The van der Waals surface area contributed by atoms with Gasteiger partial charge < -0.3 is 4.74 Å². The minimum atomic E-state index is -3.15. The van der Waals surface area contributed by atoms with Crippen LogP contribution in [0.5, 0.6) is 5.75 Å². The SMILES string of the molecule is CCCOc1ccc(-c2nn(-c3ccccc3)cc2/C=C2\SC(=S)N([C@H]3CCS(=O)(=O)C3)C2=O)c(C)c1. The van der Waals surface area contributed by atoms with Gasteiger partial charge in [0, 0.05) is 17.3 Å². The molecular formula is C27H27N3O4S3. The highest BCUT2D eigenvalue weighted by molar-refractivity contribution is 8.26. The first-order chi connectivity index (χ1) is 17.8. The molecule has 2 fully saturated rings. The van der Waals surface area contributed by atoms with Gasteiger partial charge in [0.25, 0.3) is 5.91 Å². The molecule has 0 bridgehead atoms. The number of nitrogens with zero attached hydrogens (tertiary/aromatic N) is 3. The largest absolute Gasteiger partial charge is 0.494 e. The second kappa shape index (κ2) is 10.4. The van der Waals surface area contributed by atoms with Crippen LogP contribution in [0.15, 0.2) is 59.6 Å². The minimum absolute atomic E-state index is 0.0461. The molecule has 5 rings (SSSR count). The van der Waals surface area contributed by atoms with Crippen LogP contribution in [0, 0.1) is 6.92 Å². The molecule has 1 amide bonds. The van der Waals surface area contributed by atoms with Crippen molar-refractivity contribution in [2.45, 2.75) is 32.7 Å². The van der Waals surface area contributed by atoms with Gasteiger partial charge in [0.05, 0.1) is 34.7 Å². The van der Waals surface area contributed by atoms with Gasteiger partial charge in [0.15, 0.2) is 9.84 Å². The number of thioether (sulfide) groups is 1. The summed E-state index contributed by atoms with van der Waals surface area (Å²) in [5, 5.41) is 4.89. The quantitative estimate of drug-likeness (QED) is 0.300. The number of thiocarbonyl (C=S) groups is 1. The number of para-hydroxylation sites is 1. The number of hydrogen-bond acceptors (Lipinski definition) is 7. The smallest absolute Gasteiger partial charge is 0.266 e. The van der Waals surface area contributed by atoms with Crippen molar-refractivity contribution in [3.63, 3.8) is 0 Å². The molecular weight excluding hydrogens is 527 g/mol. The standard InChI is InChI=1S/C27H27N3O4S3/c1-3-12-34-22-9-10-23(18(2)14-22)25-19(16-29(28-25)20-7-5-4-6-8-20)15-24-26(31)30(27(35)36-24)21-11-13-37(32,33)17-21/h4-10,14-16,21H,3,11-13,17H2,1-2H3/b24-15-/t21-/m0/s1. The van der Waals surface area contributed by atoms with Crippen LogP contribution in [0.3, 0.4) is 0 Å². The van der Waals surface area contributed by atoms with Crippen molar-refractivity contribution in [3.05, 3.63) is 70.8 Å². The Balaban J connectivity index is 1.54. The molecule has 2 aromatic carbocycles. The third kappa shape index (κ3) is 5.37. The molecule has 192 valence electrons. The van der Waals surface area contributed by atoms with Gasteiger partial charge in [-0.15, -0.1) is 0 Å². The third-order valence-corrected chi connectivity index (χ3v) is 9.45. The van der Waals surface area contributed by atoms with Gasteiger partial charge in [0.2, 0.25) is 0 Å². The van der Waals surface area contributed by atoms with E-state index in [4.69, 9.17) is 22.1 Å². The molecule has 3 aromatic rings. The van der Waals surface area contributed by atoms with Crippen LogP contribution >= 0.6 is 24.0 Å². The van der Waals surface area contributed by atoms with Crippen molar-refractivity contribution in [1.29, 1.82) is 0 Å². The Morgan fingerprint density at radius 3 is 2.68 bits per heavy atom. The predicted molar refractivity (Wildman–Crippen MR) is 152 cm³/mol. The lowest BCUT2D eigenvalue weighted by atomic mass is 10.0. The van der Waals surface area contributed by atoms with Crippen molar-refractivity contribution >= 4 is 50.1 Å². The predicted octanol–water partition coefficient (Wildman–Crippen LogP) is 5.02. The summed E-state index contributed by atoms with van der Waals surface area (Å²) < 4.78 is 32.0. The fraction of sp³-hybridized carbons (Fsp3) is 0.296. The Morgan fingerprint density at radius 1 is 1.22 bits per heavy atom. The zero-order valence-corrected chi connectivity index (χ0v) is 23.0. The van der Waals surface area contributed by atoms with E-state index in [2.05, 4.69) is 6.92 Å². The summed E-state index contributed by atoms with van der Waals surface area (Å²) in [5.41, 5.74) is 4.34. The molecule has 1 aromatic heterocycles. The number of sulfone groups is 1. The molecule has 0 spiro atoms. The lowest BCUT2D eigenvalue weighted by molar-refractivity contribution is -0.123. The van der Waals surface area contributed by atoms with Gasteiger partial charge in [-0.3, -0.25) is 9.69 Å². The van der Waals surface area contributed by atoms with Gasteiger partial charge in [-0.1, -0.05) is 49.1 Å². The molecule has 10 heteroatoms. The molecule has 0 radical (unpaired) electrons. The van der Waals surface area contributed by atoms with Crippen LogP contribution < -0.4 is 4.74 Å². The Bertz CT molecular complexity index is 1500. The lowest BCUT2D eigenvalue weighted by Gasteiger charge is -2.20. The van der Waals surface area contributed by atoms with E-state index in [-0.39, 0.29) is 17.4 Å². The van der Waals surface area contributed by atoms with Crippen molar-refractivity contribution in [1.82, 2.24) is 14.7 Å². The van der Waals surface area contributed by atoms with Crippen molar-refractivity contribution in [2.24, 2.45) is 0 Å². The first-order valence-electron chi connectivity index (χ1n) is 12.1. The van der Waals surface area contributed by atoms with Gasteiger partial charge >= 0.3 is 0 Å². The molecule has 7 nitrogen and oxygen atoms in total. The zero-order valence-electron chi connectivity index (χ0n) is 20.6. The van der Waals surface area contributed by atoms with E-state index in [9.17, 15) is 13.2 Å². The molecule has 3 heterocycles. The van der Waals surface area contributed by atoms with Crippen LogP contribution in [0.1, 0.15) is 30.9 Å². The van der Waals surface area contributed by atoms with E-state index in [0.717, 1.165) is 40.2 Å². The summed E-state index contributed by atoms with van der Waals surface area (Å²) in [5.74, 6) is 0.587. The number of rotatable bonds is 7. The molecule has 0 aliphatic carbocycles. The van der Waals surface area contributed by atoms with Crippen LogP contribution in [0.4, 0.5) is 0 Å². The lowest BCUT2D eigenvalue weighted by Crippen LogP contribution is -2.39. The van der Waals surface area contributed by atoms with E-state index >= 15 is 0 Å². The van der Waals surface area contributed by atoms with E-state index in [1.807, 2.05) is 67.7 Å². The van der Waals surface area contributed by atoms with Gasteiger partial charge in [-0.05, 0) is 61.7 Å². The average molecular weight is 554 g/mol. The average Bonchev–Trinajstić information content (AvgIpc) is 3.53. The van der Waals surface area contributed by atoms with E-state index in [1.165, 1.54) is 16.7 Å². The fourth-order valence-electron chi connectivity index (χ4n) is 4.54. The second-order valence-corrected chi connectivity index (χ2v) is 13.1. The first-order valence-corrected chi connectivity index (χ1v) is 15.2. The van der Waals surface area contributed by atoms with Crippen LogP contribution in [0.2, 0.25) is 0 Å². The summed E-state index contributed by atoms with van der Waals surface area (Å²) in [6.07, 6.45) is 5.05. The summed E-state index contributed by atoms with van der Waals surface area (Å²) in [6.45, 7) is 4.73. The van der Waals surface area contributed by atoms with Crippen LogP contribution in [-0.4, -0.2) is 57.5 Å². The number of carbonyl (C=O) groups is 1. The number of aryl methyl sites for hydroxylation is 1. The molecule has 0 unspecified atom stereocenters. The Morgan fingerprint density at radius 2 is 2.00 bits per heavy atom. The summed E-state index contributed by atoms with van der Waals surface area (Å²) in [6, 6.07) is 15.3. The van der Waals surface area contributed by atoms with E-state index in [1.54, 1.807) is 4.68 Å². The summed E-state index contributed by atoms with van der Waals surface area (Å²) in [4.78, 5) is 15.3. The van der Waals surface area contributed by atoms with Gasteiger partial charge in [0.1, 0.15) is 15.8 Å². The fourth-order valence-corrected chi connectivity index (χ4v) is 7.63. The number of hydrogen-bond donors (Lipinski definition) is 0. The van der Waals surface area contributed by atoms with Crippen LogP contribution in [0.25, 0.3) is 23.0 Å². The van der Waals surface area contributed by atoms with Crippen molar-refractivity contribution in [3.8, 4) is 22.7 Å². The van der Waals surface area contributed by atoms with E-state index < -0.39 is 15.9 Å². The highest BCUT2D eigenvalue weighted by atomic mass is 32.2. The maximum Gasteiger partial charge on any atom is 0.266 e. The van der Waals surface area contributed by atoms with Crippen LogP contribution in [-0.2, 0) is 14.6 Å².